The summed E-state index contributed by atoms with van der Waals surface area (Å²) in [4.78, 5) is 25.0. The van der Waals surface area contributed by atoms with Gasteiger partial charge in [0, 0.05) is 17.7 Å². The Kier molecular flexibility index (Phi) is 7.51. The van der Waals surface area contributed by atoms with Crippen LogP contribution in [0.4, 0.5) is 0 Å². The highest BCUT2D eigenvalue weighted by atomic mass is 16.6. The Morgan fingerprint density at radius 2 is 1.70 bits per heavy atom. The molecule has 1 aliphatic heterocycles. The van der Waals surface area contributed by atoms with E-state index in [1.807, 2.05) is 32.0 Å². The first-order valence-corrected chi connectivity index (χ1v) is 11.3. The number of rotatable bonds is 10. The van der Waals surface area contributed by atoms with Crippen LogP contribution in [-0.4, -0.2) is 38.8 Å². The lowest BCUT2D eigenvalue weighted by atomic mass is 9.94. The van der Waals surface area contributed by atoms with Crippen molar-refractivity contribution in [1.82, 2.24) is 5.32 Å². The summed E-state index contributed by atoms with van der Waals surface area (Å²) < 4.78 is 23.1. The van der Waals surface area contributed by atoms with Gasteiger partial charge in [0.05, 0.1) is 19.6 Å². The van der Waals surface area contributed by atoms with E-state index >= 15 is 0 Å². The number of hydrogen-bond donors (Lipinski definition) is 1. The molecule has 0 fully saturated rings. The van der Waals surface area contributed by atoms with Crippen LogP contribution >= 0.6 is 0 Å². The van der Waals surface area contributed by atoms with E-state index in [0.29, 0.717) is 29.4 Å². The van der Waals surface area contributed by atoms with Crippen LogP contribution in [0.15, 0.2) is 30.3 Å². The zero-order valence-electron chi connectivity index (χ0n) is 20.2. The van der Waals surface area contributed by atoms with Crippen molar-refractivity contribution in [2.24, 2.45) is 5.41 Å². The van der Waals surface area contributed by atoms with Gasteiger partial charge < -0.3 is 24.3 Å². The summed E-state index contributed by atoms with van der Waals surface area (Å²) >= 11 is 0. The Balaban J connectivity index is 1.99. The highest BCUT2D eigenvalue weighted by Crippen LogP contribution is 2.46. The Morgan fingerprint density at radius 3 is 2.33 bits per heavy atom. The summed E-state index contributed by atoms with van der Waals surface area (Å²) in [5.74, 6) is 0.979. The highest BCUT2D eigenvalue weighted by Gasteiger charge is 2.33. The van der Waals surface area contributed by atoms with Gasteiger partial charge >= 0.3 is 5.97 Å². The van der Waals surface area contributed by atoms with Gasteiger partial charge in [0.25, 0.3) is 5.91 Å². The number of hydrogen-bond acceptors (Lipinski definition) is 6. The third kappa shape index (κ3) is 4.92. The smallest absolute Gasteiger partial charge is 0.315 e. The van der Waals surface area contributed by atoms with Crippen molar-refractivity contribution in [2.75, 3.05) is 20.8 Å². The zero-order chi connectivity index (χ0) is 24.2. The molecule has 0 radical (unpaired) electrons. The van der Waals surface area contributed by atoms with Crippen LogP contribution in [0, 0.1) is 5.41 Å². The van der Waals surface area contributed by atoms with E-state index in [-0.39, 0.29) is 24.6 Å². The Labute approximate surface area is 195 Å². The van der Waals surface area contributed by atoms with Crippen molar-refractivity contribution in [1.29, 1.82) is 0 Å². The molecule has 2 aromatic carbocycles. The van der Waals surface area contributed by atoms with Crippen LogP contribution in [0.3, 0.4) is 0 Å². The van der Waals surface area contributed by atoms with Gasteiger partial charge in [-0.15, -0.1) is 0 Å². The lowest BCUT2D eigenvalue weighted by Crippen LogP contribution is -2.35. The molecular weight excluding hydrogens is 422 g/mol. The summed E-state index contributed by atoms with van der Waals surface area (Å²) in [6.45, 7) is 8.10. The van der Waals surface area contributed by atoms with Crippen LogP contribution in [0.25, 0.3) is 11.1 Å². The van der Waals surface area contributed by atoms with Gasteiger partial charge in [-0.2, -0.15) is 0 Å². The van der Waals surface area contributed by atoms with Crippen LogP contribution < -0.4 is 19.5 Å². The maximum atomic E-state index is 12.8. The van der Waals surface area contributed by atoms with Crippen LogP contribution in [-0.2, 0) is 16.1 Å². The third-order valence-corrected chi connectivity index (χ3v) is 5.95. The molecule has 0 atom stereocenters. The average Bonchev–Trinajstić information content (AvgIpc) is 3.21. The molecule has 0 aliphatic carbocycles. The summed E-state index contributed by atoms with van der Waals surface area (Å²) in [6.07, 6.45) is 1.41. The first kappa shape index (κ1) is 24.4. The van der Waals surface area contributed by atoms with E-state index < -0.39 is 5.41 Å². The standard InChI is InChI=1S/C26H33NO6/c1-7-16(8-2)33-25(29)26(3,4)15-32-22-18(12-13-21(30-5)23(22)31-6)17-10-9-11-19-20(17)14-27-24(19)28/h9-13,16H,7-8,14-15H2,1-6H3,(H,27,28). The molecule has 0 unspecified atom stereocenters. The molecule has 0 saturated carbocycles. The summed E-state index contributed by atoms with van der Waals surface area (Å²) in [6, 6.07) is 9.28. The van der Waals surface area contributed by atoms with Gasteiger partial charge in [0.2, 0.25) is 5.75 Å². The predicted octanol–water partition coefficient (Wildman–Crippen LogP) is 4.75. The Bertz CT molecular complexity index is 1030. The van der Waals surface area contributed by atoms with Gasteiger partial charge in [-0.25, -0.2) is 0 Å². The van der Waals surface area contributed by atoms with E-state index in [1.54, 1.807) is 40.2 Å². The van der Waals surface area contributed by atoms with Crippen molar-refractivity contribution >= 4 is 11.9 Å². The number of esters is 1. The summed E-state index contributed by atoms with van der Waals surface area (Å²) in [7, 11) is 3.10. The van der Waals surface area contributed by atoms with Crippen LogP contribution in [0.2, 0.25) is 0 Å². The molecule has 1 amide bonds. The van der Waals surface area contributed by atoms with Crippen LogP contribution in [0.5, 0.6) is 17.2 Å². The molecule has 1 heterocycles. The van der Waals surface area contributed by atoms with E-state index in [9.17, 15) is 9.59 Å². The quantitative estimate of drug-likeness (QED) is 0.521. The van der Waals surface area contributed by atoms with E-state index in [0.717, 1.165) is 29.5 Å². The van der Waals surface area contributed by atoms with Gasteiger partial charge in [-0.1, -0.05) is 26.0 Å². The molecule has 1 aliphatic rings. The van der Waals surface area contributed by atoms with Crippen molar-refractivity contribution in [2.45, 2.75) is 53.2 Å². The number of fused-ring (bicyclic) bond motifs is 1. The minimum Gasteiger partial charge on any atom is -0.493 e. The monoisotopic (exact) mass is 455 g/mol. The summed E-state index contributed by atoms with van der Waals surface area (Å²) in [5, 5.41) is 2.87. The molecule has 178 valence electrons. The predicted molar refractivity (Wildman–Crippen MR) is 126 cm³/mol. The van der Waals surface area contributed by atoms with E-state index in [2.05, 4.69) is 5.32 Å². The minimum atomic E-state index is -0.885. The number of benzene rings is 2. The van der Waals surface area contributed by atoms with Crippen molar-refractivity contribution in [3.8, 4) is 28.4 Å². The first-order chi connectivity index (χ1) is 15.8. The normalized spacial score (nSPS) is 12.9. The molecule has 3 rings (SSSR count). The zero-order valence-corrected chi connectivity index (χ0v) is 20.2. The van der Waals surface area contributed by atoms with Crippen LogP contribution in [0.1, 0.15) is 56.5 Å². The molecule has 0 bridgehead atoms. The maximum Gasteiger partial charge on any atom is 0.315 e. The first-order valence-electron chi connectivity index (χ1n) is 11.3. The molecule has 7 nitrogen and oxygen atoms in total. The average molecular weight is 456 g/mol. The fourth-order valence-corrected chi connectivity index (χ4v) is 3.84. The molecule has 0 saturated heterocycles. The topological polar surface area (TPSA) is 83.1 Å². The molecule has 0 spiro atoms. The van der Waals surface area contributed by atoms with Gasteiger partial charge in [-0.3, -0.25) is 9.59 Å². The molecule has 33 heavy (non-hydrogen) atoms. The number of ether oxygens (including phenoxy) is 4. The maximum absolute atomic E-state index is 12.8. The van der Waals surface area contributed by atoms with Crippen molar-refractivity contribution in [3.05, 3.63) is 41.5 Å². The molecule has 0 aromatic heterocycles. The second-order valence-corrected chi connectivity index (χ2v) is 8.71. The lowest BCUT2D eigenvalue weighted by Gasteiger charge is -2.27. The molecular formula is C26H33NO6. The second-order valence-electron chi connectivity index (χ2n) is 8.71. The van der Waals surface area contributed by atoms with Gasteiger partial charge in [0.1, 0.15) is 12.7 Å². The van der Waals surface area contributed by atoms with Crippen molar-refractivity contribution < 1.29 is 28.5 Å². The lowest BCUT2D eigenvalue weighted by molar-refractivity contribution is -0.161. The third-order valence-electron chi connectivity index (χ3n) is 5.95. The number of carbonyl (C=O) groups excluding carboxylic acids is 2. The van der Waals surface area contributed by atoms with Crippen molar-refractivity contribution in [3.63, 3.8) is 0 Å². The minimum absolute atomic E-state index is 0.0781. The highest BCUT2D eigenvalue weighted by molar-refractivity contribution is 6.01. The second kappa shape index (κ2) is 10.1. The fourth-order valence-electron chi connectivity index (χ4n) is 3.84. The Hall–Kier alpha value is -3.22. The van der Waals surface area contributed by atoms with Gasteiger partial charge in [0.15, 0.2) is 11.5 Å². The van der Waals surface area contributed by atoms with E-state index in [4.69, 9.17) is 18.9 Å². The summed E-state index contributed by atoms with van der Waals surface area (Å²) in [5.41, 5.74) is 2.27. The Morgan fingerprint density at radius 1 is 1.00 bits per heavy atom. The largest absolute Gasteiger partial charge is 0.493 e. The van der Waals surface area contributed by atoms with E-state index in [1.165, 1.54) is 0 Å². The number of carbonyl (C=O) groups is 2. The van der Waals surface area contributed by atoms with Gasteiger partial charge in [-0.05, 0) is 56.0 Å². The molecule has 2 aromatic rings. The fraction of sp³-hybridized carbons (Fsp3) is 0.462. The number of nitrogens with one attached hydrogen (secondary N) is 1. The SMILES string of the molecule is CCC(CC)OC(=O)C(C)(C)COc1c(-c2cccc3c2CNC3=O)ccc(OC)c1OC. The number of methoxy groups -OCH3 is 2. The molecule has 1 N–H and O–H groups in total. The molecule has 7 heteroatoms. The number of amides is 1.